The summed E-state index contributed by atoms with van der Waals surface area (Å²) in [6, 6.07) is 18.6. The maximum atomic E-state index is 11.3. The van der Waals surface area contributed by atoms with E-state index in [1.165, 1.54) is 12.0 Å². The lowest BCUT2D eigenvalue weighted by molar-refractivity contribution is -0.122. The molecule has 0 saturated heterocycles. The van der Waals surface area contributed by atoms with E-state index in [-0.39, 0.29) is 0 Å². The molecule has 1 amide bonds. The highest BCUT2D eigenvalue weighted by molar-refractivity contribution is 5.84. The van der Waals surface area contributed by atoms with Crippen molar-refractivity contribution in [3.05, 3.63) is 65.7 Å². The molecule has 1 atom stereocenters. The second-order valence-corrected chi connectivity index (χ2v) is 6.52. The zero-order valence-corrected chi connectivity index (χ0v) is 14.3. The third-order valence-electron chi connectivity index (χ3n) is 4.15. The quantitative estimate of drug-likeness (QED) is 0.620. The minimum Gasteiger partial charge on any atom is -0.385 e. The monoisotopic (exact) mass is 325 g/mol. The molecule has 0 heterocycles. The van der Waals surface area contributed by atoms with E-state index in [0.717, 1.165) is 30.6 Å². The molecule has 0 spiro atoms. The van der Waals surface area contributed by atoms with Crippen molar-refractivity contribution in [1.82, 2.24) is 0 Å². The Morgan fingerprint density at radius 1 is 1.00 bits per heavy atom. The van der Waals surface area contributed by atoms with Crippen LogP contribution in [0.25, 0.3) is 0 Å². The van der Waals surface area contributed by atoms with Crippen molar-refractivity contribution in [2.45, 2.75) is 38.1 Å². The van der Waals surface area contributed by atoms with E-state index >= 15 is 0 Å². The second-order valence-electron chi connectivity index (χ2n) is 6.52. The summed E-state index contributed by atoms with van der Waals surface area (Å²) in [6.07, 6.45) is 3.85. The minimum atomic E-state index is -1.01. The van der Waals surface area contributed by atoms with Crippen LogP contribution < -0.4 is 16.8 Å². The van der Waals surface area contributed by atoms with Crippen molar-refractivity contribution in [2.75, 3.05) is 11.9 Å². The third kappa shape index (κ3) is 5.70. The number of hydrogen-bond donors (Lipinski definition) is 3. The van der Waals surface area contributed by atoms with E-state index in [4.69, 9.17) is 11.5 Å². The van der Waals surface area contributed by atoms with Gasteiger partial charge in [-0.1, -0.05) is 42.5 Å². The molecule has 0 aliphatic heterocycles. The molecule has 0 aromatic heterocycles. The van der Waals surface area contributed by atoms with Gasteiger partial charge in [0.15, 0.2) is 0 Å². The standard InChI is InChI=1S/C20H27N3O/c1-20(22,19(21)24)15-17-10-12-18(13-11-17)23-14-6-5-9-16-7-3-2-4-8-16/h2-4,7-8,10-13,23H,5-6,9,14-15,22H2,1H3,(H2,21,24). The number of unbranched alkanes of at least 4 members (excludes halogenated alkanes) is 1. The van der Waals surface area contributed by atoms with Crippen molar-refractivity contribution in [2.24, 2.45) is 11.5 Å². The Kier molecular flexibility index (Phi) is 6.38. The van der Waals surface area contributed by atoms with Gasteiger partial charge >= 0.3 is 0 Å². The summed E-state index contributed by atoms with van der Waals surface area (Å²) in [6.45, 7) is 2.61. The molecule has 0 radical (unpaired) electrons. The van der Waals surface area contributed by atoms with Gasteiger partial charge in [0.25, 0.3) is 0 Å². The van der Waals surface area contributed by atoms with E-state index in [9.17, 15) is 4.79 Å². The molecule has 24 heavy (non-hydrogen) atoms. The van der Waals surface area contributed by atoms with Crippen LogP contribution in [0.1, 0.15) is 30.9 Å². The smallest absolute Gasteiger partial charge is 0.237 e. The molecule has 2 aromatic carbocycles. The largest absolute Gasteiger partial charge is 0.385 e. The Morgan fingerprint density at radius 2 is 1.67 bits per heavy atom. The van der Waals surface area contributed by atoms with Gasteiger partial charge in [-0.25, -0.2) is 0 Å². The van der Waals surface area contributed by atoms with Crippen LogP contribution >= 0.6 is 0 Å². The molecule has 5 N–H and O–H groups in total. The highest BCUT2D eigenvalue weighted by Crippen LogP contribution is 2.15. The van der Waals surface area contributed by atoms with Gasteiger partial charge in [-0.05, 0) is 55.9 Å². The molecular formula is C20H27N3O. The summed E-state index contributed by atoms with van der Waals surface area (Å²) in [4.78, 5) is 11.3. The van der Waals surface area contributed by atoms with Crippen LogP contribution in [-0.4, -0.2) is 18.0 Å². The normalized spacial score (nSPS) is 13.2. The Labute approximate surface area is 144 Å². The molecular weight excluding hydrogens is 298 g/mol. The second kappa shape index (κ2) is 8.50. The van der Waals surface area contributed by atoms with E-state index in [1.807, 2.05) is 30.3 Å². The first-order valence-corrected chi connectivity index (χ1v) is 8.43. The number of amides is 1. The van der Waals surface area contributed by atoms with Crippen molar-refractivity contribution >= 4 is 11.6 Å². The van der Waals surface area contributed by atoms with Gasteiger partial charge < -0.3 is 16.8 Å². The number of carbonyl (C=O) groups excluding carboxylic acids is 1. The lowest BCUT2D eigenvalue weighted by atomic mass is 9.93. The fraction of sp³-hybridized carbons (Fsp3) is 0.350. The number of aryl methyl sites for hydroxylation is 1. The summed E-state index contributed by atoms with van der Waals surface area (Å²) in [5.74, 6) is -0.483. The van der Waals surface area contributed by atoms with Gasteiger partial charge in [0.05, 0.1) is 5.54 Å². The number of benzene rings is 2. The van der Waals surface area contributed by atoms with E-state index < -0.39 is 11.4 Å². The molecule has 1 unspecified atom stereocenters. The highest BCUT2D eigenvalue weighted by atomic mass is 16.1. The molecule has 2 rings (SSSR count). The van der Waals surface area contributed by atoms with Gasteiger partial charge in [-0.15, -0.1) is 0 Å². The predicted molar refractivity (Wildman–Crippen MR) is 99.8 cm³/mol. The summed E-state index contributed by atoms with van der Waals surface area (Å²) in [5, 5.41) is 3.42. The number of primary amides is 1. The van der Waals surface area contributed by atoms with Gasteiger partial charge in [0.2, 0.25) is 5.91 Å². The maximum absolute atomic E-state index is 11.3. The Morgan fingerprint density at radius 3 is 2.29 bits per heavy atom. The number of hydrogen-bond acceptors (Lipinski definition) is 3. The van der Waals surface area contributed by atoms with Crippen molar-refractivity contribution in [1.29, 1.82) is 0 Å². The molecule has 0 aliphatic carbocycles. The van der Waals surface area contributed by atoms with Crippen LogP contribution in [0.5, 0.6) is 0 Å². The average molecular weight is 325 g/mol. The maximum Gasteiger partial charge on any atom is 0.237 e. The first-order valence-electron chi connectivity index (χ1n) is 8.43. The first kappa shape index (κ1) is 18.0. The SMILES string of the molecule is CC(N)(Cc1ccc(NCCCCc2ccccc2)cc1)C(N)=O. The topological polar surface area (TPSA) is 81.1 Å². The summed E-state index contributed by atoms with van der Waals surface area (Å²) in [5.41, 5.74) is 13.7. The molecule has 4 heteroatoms. The van der Waals surface area contributed by atoms with Crippen LogP contribution in [0, 0.1) is 0 Å². The van der Waals surface area contributed by atoms with Crippen LogP contribution in [0.4, 0.5) is 5.69 Å². The summed E-state index contributed by atoms with van der Waals surface area (Å²) >= 11 is 0. The van der Waals surface area contributed by atoms with Crippen LogP contribution in [0.2, 0.25) is 0 Å². The molecule has 0 fully saturated rings. The molecule has 128 valence electrons. The number of nitrogens with two attached hydrogens (primary N) is 2. The van der Waals surface area contributed by atoms with Gasteiger partial charge in [-0.3, -0.25) is 4.79 Å². The number of rotatable bonds is 9. The number of carbonyl (C=O) groups is 1. The lowest BCUT2D eigenvalue weighted by Gasteiger charge is -2.20. The number of nitrogens with one attached hydrogen (secondary N) is 1. The van der Waals surface area contributed by atoms with Gasteiger partial charge in [0, 0.05) is 12.2 Å². The first-order chi connectivity index (χ1) is 11.5. The predicted octanol–water partition coefficient (Wildman–Crippen LogP) is 2.87. The molecule has 0 saturated carbocycles. The number of anilines is 1. The van der Waals surface area contributed by atoms with Gasteiger partial charge in [-0.2, -0.15) is 0 Å². The van der Waals surface area contributed by atoms with E-state index in [1.54, 1.807) is 6.92 Å². The van der Waals surface area contributed by atoms with Crippen molar-refractivity contribution in [3.8, 4) is 0 Å². The van der Waals surface area contributed by atoms with Crippen molar-refractivity contribution in [3.63, 3.8) is 0 Å². The van der Waals surface area contributed by atoms with Crippen LogP contribution in [0.3, 0.4) is 0 Å². The zero-order chi connectivity index (χ0) is 17.4. The minimum absolute atomic E-state index is 0.444. The lowest BCUT2D eigenvalue weighted by Crippen LogP contribution is -2.51. The summed E-state index contributed by atoms with van der Waals surface area (Å²) < 4.78 is 0. The zero-order valence-electron chi connectivity index (χ0n) is 14.3. The molecule has 4 nitrogen and oxygen atoms in total. The fourth-order valence-electron chi connectivity index (χ4n) is 2.58. The van der Waals surface area contributed by atoms with Crippen molar-refractivity contribution < 1.29 is 4.79 Å². The summed E-state index contributed by atoms with van der Waals surface area (Å²) in [7, 11) is 0. The highest BCUT2D eigenvalue weighted by Gasteiger charge is 2.25. The van der Waals surface area contributed by atoms with Gasteiger partial charge in [0.1, 0.15) is 0 Å². The Bertz CT molecular complexity index is 636. The molecule has 0 bridgehead atoms. The van der Waals surface area contributed by atoms with Crippen LogP contribution in [0.15, 0.2) is 54.6 Å². The molecule has 0 aliphatic rings. The third-order valence-corrected chi connectivity index (χ3v) is 4.15. The Hall–Kier alpha value is -2.33. The van der Waals surface area contributed by atoms with E-state index in [0.29, 0.717) is 6.42 Å². The molecule has 2 aromatic rings. The Balaban J connectivity index is 1.71. The van der Waals surface area contributed by atoms with E-state index in [2.05, 4.69) is 29.6 Å². The fourth-order valence-corrected chi connectivity index (χ4v) is 2.58. The van der Waals surface area contributed by atoms with Crippen LogP contribution in [-0.2, 0) is 17.6 Å². The average Bonchev–Trinajstić information content (AvgIpc) is 2.56.